The molecule has 0 saturated heterocycles. The van der Waals surface area contributed by atoms with Gasteiger partial charge in [0.1, 0.15) is 0 Å². The molecule has 0 atom stereocenters. The summed E-state index contributed by atoms with van der Waals surface area (Å²) in [6.45, 7) is 0. The van der Waals surface area contributed by atoms with E-state index in [1.807, 2.05) is 0 Å². The molecule has 1 aromatic carbocycles. The first kappa shape index (κ1) is 16.6. The van der Waals surface area contributed by atoms with Gasteiger partial charge in [-0.2, -0.15) is 0 Å². The lowest BCUT2D eigenvalue weighted by atomic mass is 10.2. The third-order valence-corrected chi connectivity index (χ3v) is 2.14. The Labute approximate surface area is 124 Å². The number of nitrogens with one attached hydrogen (secondary N) is 2. The second-order valence-electron chi connectivity index (χ2n) is 3.86. The van der Waals surface area contributed by atoms with Crippen molar-refractivity contribution in [1.82, 2.24) is 0 Å². The first-order valence-electron chi connectivity index (χ1n) is 5.87. The minimum absolute atomic E-state index is 0.301. The average molecular weight is 302 g/mol. The number of benzene rings is 1. The SMILES string of the molecule is O=C([O-])/C=C/C(=O)Nc1cccc(NC(=O)/C=C/C(=O)[O-])c1. The number of carboxylic acids is 2. The molecule has 1 rings (SSSR count). The van der Waals surface area contributed by atoms with Crippen LogP contribution in [0.4, 0.5) is 11.4 Å². The summed E-state index contributed by atoms with van der Waals surface area (Å²) in [6.07, 6.45) is 2.71. The maximum atomic E-state index is 11.4. The predicted molar refractivity (Wildman–Crippen MR) is 72.0 cm³/mol. The third kappa shape index (κ3) is 6.66. The summed E-state index contributed by atoms with van der Waals surface area (Å²) < 4.78 is 0. The Morgan fingerprint density at radius 3 is 1.55 bits per heavy atom. The largest absolute Gasteiger partial charge is 0.545 e. The van der Waals surface area contributed by atoms with Crippen LogP contribution in [0.1, 0.15) is 0 Å². The maximum Gasteiger partial charge on any atom is 0.248 e. The van der Waals surface area contributed by atoms with Crippen molar-refractivity contribution in [3.63, 3.8) is 0 Å². The molecule has 0 unspecified atom stereocenters. The van der Waals surface area contributed by atoms with Gasteiger partial charge in [-0.1, -0.05) is 6.07 Å². The van der Waals surface area contributed by atoms with Crippen molar-refractivity contribution < 1.29 is 29.4 Å². The van der Waals surface area contributed by atoms with Gasteiger partial charge >= 0.3 is 0 Å². The molecule has 1 aromatic rings. The van der Waals surface area contributed by atoms with Crippen LogP contribution in [0.15, 0.2) is 48.6 Å². The molecule has 0 bridgehead atoms. The molecule has 2 amide bonds. The summed E-state index contributed by atoms with van der Waals surface area (Å²) in [5.41, 5.74) is 0.601. The molecule has 0 heterocycles. The van der Waals surface area contributed by atoms with Gasteiger partial charge in [0.2, 0.25) is 11.8 Å². The number of rotatable bonds is 6. The van der Waals surface area contributed by atoms with Gasteiger partial charge < -0.3 is 30.4 Å². The van der Waals surface area contributed by atoms with E-state index in [0.717, 1.165) is 12.2 Å². The normalized spacial score (nSPS) is 10.5. The van der Waals surface area contributed by atoms with Crippen molar-refractivity contribution >= 4 is 35.1 Å². The van der Waals surface area contributed by atoms with E-state index in [0.29, 0.717) is 23.5 Å². The van der Waals surface area contributed by atoms with Crippen LogP contribution in [-0.2, 0) is 19.2 Å². The van der Waals surface area contributed by atoms with Gasteiger partial charge in [0, 0.05) is 23.5 Å². The molecule has 0 spiro atoms. The van der Waals surface area contributed by atoms with E-state index in [1.54, 1.807) is 0 Å². The molecule has 2 N–H and O–H groups in total. The minimum atomic E-state index is -1.50. The fourth-order valence-corrected chi connectivity index (χ4v) is 1.33. The van der Waals surface area contributed by atoms with Crippen LogP contribution in [0.5, 0.6) is 0 Å². The van der Waals surface area contributed by atoms with Crippen LogP contribution >= 0.6 is 0 Å². The summed E-state index contributed by atoms with van der Waals surface area (Å²) >= 11 is 0. The molecule has 22 heavy (non-hydrogen) atoms. The molecule has 0 aliphatic heterocycles. The van der Waals surface area contributed by atoms with Gasteiger partial charge in [-0.25, -0.2) is 0 Å². The van der Waals surface area contributed by atoms with Crippen LogP contribution in [0, 0.1) is 0 Å². The first-order valence-corrected chi connectivity index (χ1v) is 5.87. The highest BCUT2D eigenvalue weighted by molar-refractivity contribution is 6.04. The van der Waals surface area contributed by atoms with Gasteiger partial charge in [0.05, 0.1) is 11.9 Å². The van der Waals surface area contributed by atoms with E-state index in [1.165, 1.54) is 24.3 Å². The van der Waals surface area contributed by atoms with E-state index in [2.05, 4.69) is 10.6 Å². The van der Waals surface area contributed by atoms with Crippen LogP contribution in [0.3, 0.4) is 0 Å². The quantitative estimate of drug-likeness (QED) is 0.593. The Balaban J connectivity index is 2.70. The Hall–Kier alpha value is -3.42. The molecular weight excluding hydrogens is 292 g/mol. The summed E-state index contributed by atoms with van der Waals surface area (Å²) in [4.78, 5) is 43.1. The number of aliphatic carboxylic acids is 2. The molecule has 0 aromatic heterocycles. The van der Waals surface area contributed by atoms with Crippen molar-refractivity contribution in [2.75, 3.05) is 10.6 Å². The zero-order chi connectivity index (χ0) is 16.5. The van der Waals surface area contributed by atoms with Crippen molar-refractivity contribution in [1.29, 1.82) is 0 Å². The second kappa shape index (κ2) is 8.00. The fourth-order valence-electron chi connectivity index (χ4n) is 1.33. The highest BCUT2D eigenvalue weighted by atomic mass is 16.4. The van der Waals surface area contributed by atoms with Crippen molar-refractivity contribution in [3.8, 4) is 0 Å². The van der Waals surface area contributed by atoms with Crippen LogP contribution < -0.4 is 20.8 Å². The number of carbonyl (C=O) groups is 4. The molecule has 0 fully saturated rings. The minimum Gasteiger partial charge on any atom is -0.545 e. The number of hydrogen-bond acceptors (Lipinski definition) is 6. The zero-order valence-corrected chi connectivity index (χ0v) is 11.1. The lowest BCUT2D eigenvalue weighted by Gasteiger charge is -2.06. The molecular formula is C14H10N2O6-2. The molecule has 0 aliphatic rings. The van der Waals surface area contributed by atoms with Crippen LogP contribution in [0.25, 0.3) is 0 Å². The summed E-state index contributed by atoms with van der Waals surface area (Å²) in [5, 5.41) is 25.1. The van der Waals surface area contributed by atoms with Gasteiger partial charge in [-0.3, -0.25) is 9.59 Å². The first-order chi connectivity index (χ1) is 10.4. The van der Waals surface area contributed by atoms with E-state index < -0.39 is 23.8 Å². The number of carboxylic acid groups (broad SMARTS) is 2. The van der Waals surface area contributed by atoms with Crippen LogP contribution in [0.2, 0.25) is 0 Å². The molecule has 114 valence electrons. The summed E-state index contributed by atoms with van der Waals surface area (Å²) in [5.74, 6) is -4.39. The Morgan fingerprint density at radius 1 is 0.773 bits per heavy atom. The van der Waals surface area contributed by atoms with Crippen molar-refractivity contribution in [2.24, 2.45) is 0 Å². The number of amides is 2. The van der Waals surface area contributed by atoms with Crippen molar-refractivity contribution in [2.45, 2.75) is 0 Å². The highest BCUT2D eigenvalue weighted by Crippen LogP contribution is 2.15. The third-order valence-electron chi connectivity index (χ3n) is 2.14. The molecule has 0 radical (unpaired) electrons. The van der Waals surface area contributed by atoms with Crippen molar-refractivity contribution in [3.05, 3.63) is 48.6 Å². The fraction of sp³-hybridized carbons (Fsp3) is 0. The smallest absolute Gasteiger partial charge is 0.248 e. The van der Waals surface area contributed by atoms with E-state index in [9.17, 15) is 29.4 Å². The second-order valence-corrected chi connectivity index (χ2v) is 3.86. The highest BCUT2D eigenvalue weighted by Gasteiger charge is 2.01. The Morgan fingerprint density at radius 2 is 1.18 bits per heavy atom. The van der Waals surface area contributed by atoms with Gasteiger partial charge in [-0.05, 0) is 30.4 Å². The van der Waals surface area contributed by atoms with E-state index in [-0.39, 0.29) is 0 Å². The van der Waals surface area contributed by atoms with Gasteiger partial charge in [0.15, 0.2) is 0 Å². The summed E-state index contributed by atoms with van der Waals surface area (Å²) in [6, 6.07) is 5.94. The van der Waals surface area contributed by atoms with E-state index in [4.69, 9.17) is 0 Å². The Bertz CT molecular complexity index is 610. The van der Waals surface area contributed by atoms with Gasteiger partial charge in [-0.15, -0.1) is 0 Å². The molecule has 8 heteroatoms. The molecule has 0 saturated carbocycles. The number of carbonyl (C=O) groups excluding carboxylic acids is 4. The zero-order valence-electron chi connectivity index (χ0n) is 11.1. The standard InChI is InChI=1S/C14H12N2O6/c17-11(4-6-13(19)20)15-9-2-1-3-10(8-9)16-12(18)5-7-14(21)22/h1-8H,(H,15,17)(H,16,18)(H,19,20)(H,21,22)/p-2/b6-4+,7-5+. The number of hydrogen-bond donors (Lipinski definition) is 2. The lowest BCUT2D eigenvalue weighted by Crippen LogP contribution is -2.20. The van der Waals surface area contributed by atoms with Gasteiger partial charge in [0.25, 0.3) is 0 Å². The molecule has 0 aliphatic carbocycles. The Kier molecular flexibility index (Phi) is 6.05. The van der Waals surface area contributed by atoms with E-state index >= 15 is 0 Å². The predicted octanol–water partition coefficient (Wildman–Crippen LogP) is -1.82. The average Bonchev–Trinajstić information content (AvgIpc) is 2.43. The summed E-state index contributed by atoms with van der Waals surface area (Å²) in [7, 11) is 0. The molecule has 8 nitrogen and oxygen atoms in total. The lowest BCUT2D eigenvalue weighted by molar-refractivity contribution is -0.298. The number of anilines is 2. The van der Waals surface area contributed by atoms with Crippen LogP contribution in [-0.4, -0.2) is 23.8 Å². The topological polar surface area (TPSA) is 138 Å². The maximum absolute atomic E-state index is 11.4. The monoisotopic (exact) mass is 302 g/mol.